The Morgan fingerprint density at radius 1 is 1.39 bits per heavy atom. The molecule has 0 aliphatic rings. The summed E-state index contributed by atoms with van der Waals surface area (Å²) in [5.74, 6) is 1.21. The van der Waals surface area contributed by atoms with Gasteiger partial charge in [-0.1, -0.05) is 34.4 Å². The van der Waals surface area contributed by atoms with Crippen LogP contribution in [0.4, 0.5) is 0 Å². The molecule has 23 heavy (non-hydrogen) atoms. The molecule has 0 saturated heterocycles. The van der Waals surface area contributed by atoms with Gasteiger partial charge in [0.1, 0.15) is 0 Å². The summed E-state index contributed by atoms with van der Waals surface area (Å²) in [4.78, 5) is 18.1. The number of carbonyl (C=O) groups excluding carboxylic acids is 1. The summed E-state index contributed by atoms with van der Waals surface area (Å²) in [5.41, 5.74) is 0.874. The molecule has 124 valence electrons. The van der Waals surface area contributed by atoms with Crippen LogP contribution in [0.25, 0.3) is 0 Å². The predicted octanol–water partition coefficient (Wildman–Crippen LogP) is 4.23. The molecular formula is C16H19Cl2N3O2. The molecule has 1 aromatic carbocycles. The van der Waals surface area contributed by atoms with Crippen LogP contribution in [0, 0.1) is 6.92 Å². The number of amides is 1. The Morgan fingerprint density at radius 2 is 2.13 bits per heavy atom. The molecule has 7 heteroatoms. The second-order valence-electron chi connectivity index (χ2n) is 5.44. The Hall–Kier alpha value is -1.59. The van der Waals surface area contributed by atoms with E-state index in [4.69, 9.17) is 27.7 Å². The van der Waals surface area contributed by atoms with E-state index in [2.05, 4.69) is 10.1 Å². The van der Waals surface area contributed by atoms with Gasteiger partial charge in [-0.15, -0.1) is 0 Å². The summed E-state index contributed by atoms with van der Waals surface area (Å²) in [7, 11) is 1.77. The number of hydrogen-bond acceptors (Lipinski definition) is 4. The molecule has 0 fully saturated rings. The van der Waals surface area contributed by atoms with Gasteiger partial charge in [-0.2, -0.15) is 4.98 Å². The molecule has 1 aromatic heterocycles. The Kier molecular flexibility index (Phi) is 6.02. The molecule has 0 spiro atoms. The molecular weight excluding hydrogens is 337 g/mol. The van der Waals surface area contributed by atoms with E-state index in [9.17, 15) is 4.79 Å². The Morgan fingerprint density at radius 3 is 2.74 bits per heavy atom. The molecule has 0 saturated carbocycles. The number of benzene rings is 1. The number of aromatic nitrogens is 2. The standard InChI is InChI=1S/C16H19Cl2N3O2/c1-10(13-8-7-12(17)9-14(13)18)21(3)16(22)6-4-5-15-19-11(2)20-23-15/h7-10H,4-6H2,1-3H3/t10-/m0/s1. The highest BCUT2D eigenvalue weighted by Crippen LogP contribution is 2.29. The molecule has 2 rings (SSSR count). The Bertz CT molecular complexity index is 688. The fourth-order valence-corrected chi connectivity index (χ4v) is 2.84. The van der Waals surface area contributed by atoms with E-state index in [1.54, 1.807) is 31.0 Å². The molecule has 5 nitrogen and oxygen atoms in total. The van der Waals surface area contributed by atoms with Crippen molar-refractivity contribution in [3.8, 4) is 0 Å². The van der Waals surface area contributed by atoms with E-state index >= 15 is 0 Å². The number of nitrogens with zero attached hydrogens (tertiary/aromatic N) is 3. The lowest BCUT2D eigenvalue weighted by atomic mass is 10.1. The minimum absolute atomic E-state index is 0.0414. The molecule has 0 aliphatic heterocycles. The van der Waals surface area contributed by atoms with Gasteiger partial charge < -0.3 is 9.42 Å². The van der Waals surface area contributed by atoms with Crippen LogP contribution in [0.15, 0.2) is 22.7 Å². The third-order valence-corrected chi connectivity index (χ3v) is 4.30. The molecule has 0 aliphatic carbocycles. The first-order chi connectivity index (χ1) is 10.9. The van der Waals surface area contributed by atoms with E-state index in [0.717, 1.165) is 5.56 Å². The van der Waals surface area contributed by atoms with Crippen molar-refractivity contribution in [3.63, 3.8) is 0 Å². The lowest BCUT2D eigenvalue weighted by Gasteiger charge is -2.26. The van der Waals surface area contributed by atoms with Crippen molar-refractivity contribution in [2.45, 2.75) is 39.2 Å². The summed E-state index contributed by atoms with van der Waals surface area (Å²) in [6, 6.07) is 5.18. The summed E-state index contributed by atoms with van der Waals surface area (Å²) >= 11 is 12.1. The van der Waals surface area contributed by atoms with Gasteiger partial charge in [0.2, 0.25) is 11.8 Å². The molecule has 1 amide bonds. The Labute approximate surface area is 145 Å². The zero-order valence-electron chi connectivity index (χ0n) is 13.3. The highest BCUT2D eigenvalue weighted by atomic mass is 35.5. The van der Waals surface area contributed by atoms with Gasteiger partial charge in [-0.3, -0.25) is 4.79 Å². The average molecular weight is 356 g/mol. The van der Waals surface area contributed by atoms with E-state index < -0.39 is 0 Å². The molecule has 2 aromatic rings. The van der Waals surface area contributed by atoms with Crippen molar-refractivity contribution >= 4 is 29.1 Å². The van der Waals surface area contributed by atoms with Gasteiger partial charge in [-0.05, 0) is 38.0 Å². The molecule has 0 unspecified atom stereocenters. The van der Waals surface area contributed by atoms with Crippen molar-refractivity contribution < 1.29 is 9.32 Å². The minimum atomic E-state index is -0.127. The topological polar surface area (TPSA) is 59.2 Å². The second-order valence-corrected chi connectivity index (χ2v) is 6.28. The largest absolute Gasteiger partial charge is 0.339 e. The van der Waals surface area contributed by atoms with E-state index in [1.807, 2.05) is 13.0 Å². The van der Waals surface area contributed by atoms with Crippen LogP contribution >= 0.6 is 23.2 Å². The maximum absolute atomic E-state index is 12.3. The zero-order valence-corrected chi connectivity index (χ0v) is 14.9. The Balaban J connectivity index is 1.90. The lowest BCUT2D eigenvalue weighted by molar-refractivity contribution is -0.131. The van der Waals surface area contributed by atoms with Crippen molar-refractivity contribution in [1.29, 1.82) is 0 Å². The van der Waals surface area contributed by atoms with E-state index in [-0.39, 0.29) is 11.9 Å². The summed E-state index contributed by atoms with van der Waals surface area (Å²) in [6.45, 7) is 3.71. The smallest absolute Gasteiger partial charge is 0.226 e. The zero-order chi connectivity index (χ0) is 17.0. The number of rotatable bonds is 6. The van der Waals surface area contributed by atoms with Gasteiger partial charge >= 0.3 is 0 Å². The van der Waals surface area contributed by atoms with Crippen LogP contribution in [0.3, 0.4) is 0 Å². The van der Waals surface area contributed by atoms with Crippen LogP contribution < -0.4 is 0 Å². The maximum atomic E-state index is 12.3. The first kappa shape index (κ1) is 17.8. The van der Waals surface area contributed by atoms with Crippen molar-refractivity contribution in [1.82, 2.24) is 15.0 Å². The summed E-state index contributed by atoms with van der Waals surface area (Å²) < 4.78 is 5.03. The number of halogens is 2. The first-order valence-electron chi connectivity index (χ1n) is 7.38. The van der Waals surface area contributed by atoms with Gasteiger partial charge in [0, 0.05) is 29.9 Å². The van der Waals surface area contributed by atoms with E-state index in [0.29, 0.717) is 41.0 Å². The van der Waals surface area contributed by atoms with Crippen LogP contribution in [0.1, 0.15) is 43.1 Å². The second kappa shape index (κ2) is 7.79. The highest BCUT2D eigenvalue weighted by Gasteiger charge is 2.19. The SMILES string of the molecule is Cc1noc(CCCC(=O)N(C)[C@@H](C)c2ccc(Cl)cc2Cl)n1. The van der Waals surface area contributed by atoms with Crippen molar-refractivity contribution in [2.24, 2.45) is 0 Å². The number of aryl methyl sites for hydroxylation is 2. The molecule has 0 bridgehead atoms. The quantitative estimate of drug-likeness (QED) is 0.777. The average Bonchev–Trinajstić information content (AvgIpc) is 2.91. The molecule has 1 atom stereocenters. The number of hydrogen-bond donors (Lipinski definition) is 0. The van der Waals surface area contributed by atoms with Crippen LogP contribution in [-0.2, 0) is 11.2 Å². The molecule has 0 N–H and O–H groups in total. The van der Waals surface area contributed by atoms with Gasteiger partial charge in [0.05, 0.1) is 6.04 Å². The van der Waals surface area contributed by atoms with Gasteiger partial charge in [0.15, 0.2) is 5.82 Å². The fraction of sp³-hybridized carbons (Fsp3) is 0.438. The van der Waals surface area contributed by atoms with Crippen molar-refractivity contribution in [2.75, 3.05) is 7.05 Å². The minimum Gasteiger partial charge on any atom is -0.339 e. The van der Waals surface area contributed by atoms with Gasteiger partial charge in [0.25, 0.3) is 0 Å². The lowest BCUT2D eigenvalue weighted by Crippen LogP contribution is -2.29. The molecule has 1 heterocycles. The maximum Gasteiger partial charge on any atom is 0.226 e. The van der Waals surface area contributed by atoms with E-state index in [1.165, 1.54) is 0 Å². The van der Waals surface area contributed by atoms with Crippen LogP contribution in [0.5, 0.6) is 0 Å². The third kappa shape index (κ3) is 4.69. The van der Waals surface area contributed by atoms with Crippen LogP contribution in [0.2, 0.25) is 10.0 Å². The summed E-state index contributed by atoms with van der Waals surface area (Å²) in [5, 5.41) is 4.87. The monoisotopic (exact) mass is 355 g/mol. The first-order valence-corrected chi connectivity index (χ1v) is 8.14. The molecule has 0 radical (unpaired) electrons. The van der Waals surface area contributed by atoms with Crippen molar-refractivity contribution in [3.05, 3.63) is 45.5 Å². The van der Waals surface area contributed by atoms with Gasteiger partial charge in [-0.25, -0.2) is 0 Å². The third-order valence-electron chi connectivity index (χ3n) is 3.74. The normalized spacial score (nSPS) is 12.2. The number of carbonyl (C=O) groups is 1. The van der Waals surface area contributed by atoms with Crippen LogP contribution in [-0.4, -0.2) is 28.0 Å². The summed E-state index contributed by atoms with van der Waals surface area (Å²) in [6.07, 6.45) is 1.66. The fourth-order valence-electron chi connectivity index (χ4n) is 2.27. The highest BCUT2D eigenvalue weighted by molar-refractivity contribution is 6.35. The predicted molar refractivity (Wildman–Crippen MR) is 89.6 cm³/mol.